The molecule has 28 heavy (non-hydrogen) atoms. The zero-order chi connectivity index (χ0) is 19.8. The van der Waals surface area contributed by atoms with Gasteiger partial charge in [-0.2, -0.15) is 0 Å². The van der Waals surface area contributed by atoms with Crippen LogP contribution in [0.5, 0.6) is 0 Å². The maximum Gasteiger partial charge on any atom is 0.223 e. The highest BCUT2D eigenvalue weighted by Crippen LogP contribution is 2.28. The fraction of sp³-hybridized carbons (Fsp3) is 0.571. The van der Waals surface area contributed by atoms with Crippen molar-refractivity contribution in [1.82, 2.24) is 20.9 Å². The molecule has 0 atom stereocenters. The molecule has 0 radical (unpaired) electrons. The molecular weight excluding hydrogens is 354 g/mol. The van der Waals surface area contributed by atoms with Crippen LogP contribution in [0.3, 0.4) is 0 Å². The number of guanidine groups is 1. The summed E-state index contributed by atoms with van der Waals surface area (Å²) in [5.41, 5.74) is 2.27. The number of carbonyl (C=O) groups excluding carboxylic acids is 2. The molecule has 2 amide bonds. The molecule has 1 aliphatic heterocycles. The topological polar surface area (TPSA) is 85.8 Å². The summed E-state index contributed by atoms with van der Waals surface area (Å²) in [5.74, 6) is 1.41. The first-order valence-corrected chi connectivity index (χ1v) is 10.3. The summed E-state index contributed by atoms with van der Waals surface area (Å²) in [4.78, 5) is 29.9. The molecule has 1 aromatic carbocycles. The smallest absolute Gasteiger partial charge is 0.223 e. The first-order valence-electron chi connectivity index (χ1n) is 10.3. The summed E-state index contributed by atoms with van der Waals surface area (Å²) in [6.45, 7) is 6.19. The Morgan fingerprint density at radius 1 is 1.11 bits per heavy atom. The van der Waals surface area contributed by atoms with Crippen LogP contribution >= 0.6 is 0 Å². The molecular formula is C21H31N5O2. The lowest BCUT2D eigenvalue weighted by Crippen LogP contribution is -2.41. The quantitative estimate of drug-likeness (QED) is 0.341. The Balaban J connectivity index is 1.43. The van der Waals surface area contributed by atoms with E-state index in [1.165, 1.54) is 0 Å². The molecule has 1 heterocycles. The molecule has 3 N–H and O–H groups in total. The average Bonchev–Trinajstić information content (AvgIpc) is 3.48. The zero-order valence-electron chi connectivity index (χ0n) is 16.7. The van der Waals surface area contributed by atoms with E-state index in [0.29, 0.717) is 32.6 Å². The maximum atomic E-state index is 11.7. The molecule has 1 saturated carbocycles. The van der Waals surface area contributed by atoms with Gasteiger partial charge in [-0.3, -0.25) is 9.59 Å². The Labute approximate surface area is 167 Å². The number of amides is 2. The molecule has 2 fully saturated rings. The van der Waals surface area contributed by atoms with E-state index >= 15 is 0 Å². The van der Waals surface area contributed by atoms with E-state index in [0.717, 1.165) is 49.4 Å². The highest BCUT2D eigenvalue weighted by molar-refractivity contribution is 5.81. The normalized spacial score (nSPS) is 17.0. The number of carbonyl (C=O) groups is 2. The minimum Gasteiger partial charge on any atom is -0.357 e. The van der Waals surface area contributed by atoms with E-state index < -0.39 is 0 Å². The minimum absolute atomic E-state index is 0.166. The van der Waals surface area contributed by atoms with Crippen LogP contribution in [0.25, 0.3) is 0 Å². The monoisotopic (exact) mass is 385 g/mol. The summed E-state index contributed by atoms with van der Waals surface area (Å²) in [6, 6.07) is 8.28. The zero-order valence-corrected chi connectivity index (χ0v) is 16.7. The summed E-state index contributed by atoms with van der Waals surface area (Å²) in [7, 11) is 0. The molecule has 0 spiro atoms. The van der Waals surface area contributed by atoms with Gasteiger partial charge in [0, 0.05) is 45.1 Å². The predicted molar refractivity (Wildman–Crippen MR) is 110 cm³/mol. The molecule has 0 unspecified atom stereocenters. The Kier molecular flexibility index (Phi) is 7.28. The van der Waals surface area contributed by atoms with Crippen LogP contribution in [0.4, 0.5) is 0 Å². The Hall–Kier alpha value is -2.57. The number of hydrogen-bond donors (Lipinski definition) is 3. The van der Waals surface area contributed by atoms with E-state index in [9.17, 15) is 9.59 Å². The third-order valence-corrected chi connectivity index (χ3v) is 5.00. The number of likely N-dealkylation sites (tertiary alicyclic amines) is 1. The third-order valence-electron chi connectivity index (χ3n) is 5.00. The van der Waals surface area contributed by atoms with Gasteiger partial charge in [0.1, 0.15) is 0 Å². The second-order valence-electron chi connectivity index (χ2n) is 7.42. The van der Waals surface area contributed by atoms with E-state index in [2.05, 4.69) is 45.2 Å². The average molecular weight is 386 g/mol. The van der Waals surface area contributed by atoms with Gasteiger partial charge in [-0.1, -0.05) is 24.3 Å². The summed E-state index contributed by atoms with van der Waals surface area (Å²) in [5, 5.41) is 9.42. The highest BCUT2D eigenvalue weighted by Gasteiger charge is 2.28. The van der Waals surface area contributed by atoms with E-state index in [1.807, 2.05) is 11.8 Å². The summed E-state index contributed by atoms with van der Waals surface area (Å²) < 4.78 is 0. The van der Waals surface area contributed by atoms with Crippen molar-refractivity contribution in [3.8, 4) is 0 Å². The van der Waals surface area contributed by atoms with Crippen LogP contribution in [0.1, 0.15) is 43.7 Å². The second kappa shape index (κ2) is 10.1. The number of benzene rings is 1. The van der Waals surface area contributed by atoms with Crippen molar-refractivity contribution in [2.75, 3.05) is 26.2 Å². The molecule has 1 aromatic rings. The van der Waals surface area contributed by atoms with Crippen LogP contribution in [-0.2, 0) is 22.7 Å². The van der Waals surface area contributed by atoms with Crippen LogP contribution in [0, 0.1) is 5.92 Å². The van der Waals surface area contributed by atoms with Gasteiger partial charge < -0.3 is 20.9 Å². The SMILES string of the molecule is CCNC(=NCc1ccc(CN2CCCC2=O)cc1)NCCNC(=O)C1CC1. The van der Waals surface area contributed by atoms with Crippen molar-refractivity contribution < 1.29 is 9.59 Å². The highest BCUT2D eigenvalue weighted by atomic mass is 16.2. The summed E-state index contributed by atoms with van der Waals surface area (Å²) in [6.07, 6.45) is 3.69. The molecule has 3 rings (SSSR count). The lowest BCUT2D eigenvalue weighted by atomic mass is 10.1. The van der Waals surface area contributed by atoms with E-state index in [4.69, 9.17) is 0 Å². The van der Waals surface area contributed by atoms with Crippen LogP contribution in [0.15, 0.2) is 29.3 Å². The van der Waals surface area contributed by atoms with Crippen molar-refractivity contribution in [2.24, 2.45) is 10.9 Å². The fourth-order valence-corrected chi connectivity index (χ4v) is 3.21. The molecule has 7 heteroatoms. The van der Waals surface area contributed by atoms with Crippen LogP contribution < -0.4 is 16.0 Å². The van der Waals surface area contributed by atoms with Gasteiger partial charge in [0.15, 0.2) is 5.96 Å². The molecule has 1 saturated heterocycles. The van der Waals surface area contributed by atoms with E-state index in [1.54, 1.807) is 0 Å². The molecule has 152 valence electrons. The number of rotatable bonds is 9. The third kappa shape index (κ3) is 6.25. The van der Waals surface area contributed by atoms with E-state index in [-0.39, 0.29) is 17.7 Å². The molecule has 0 aromatic heterocycles. The van der Waals surface area contributed by atoms with Gasteiger partial charge in [-0.25, -0.2) is 4.99 Å². The molecule has 7 nitrogen and oxygen atoms in total. The van der Waals surface area contributed by atoms with Crippen molar-refractivity contribution in [3.05, 3.63) is 35.4 Å². The predicted octanol–water partition coefficient (Wildman–Crippen LogP) is 1.39. The lowest BCUT2D eigenvalue weighted by molar-refractivity contribution is -0.128. The van der Waals surface area contributed by atoms with Gasteiger partial charge in [0.25, 0.3) is 0 Å². The van der Waals surface area contributed by atoms with Crippen molar-refractivity contribution in [3.63, 3.8) is 0 Å². The van der Waals surface area contributed by atoms with Crippen LogP contribution in [0.2, 0.25) is 0 Å². The molecule has 0 bridgehead atoms. The first-order chi connectivity index (χ1) is 13.7. The van der Waals surface area contributed by atoms with Gasteiger partial charge in [-0.05, 0) is 37.3 Å². The fourth-order valence-electron chi connectivity index (χ4n) is 3.21. The Morgan fingerprint density at radius 3 is 2.46 bits per heavy atom. The van der Waals surface area contributed by atoms with Crippen molar-refractivity contribution in [2.45, 2.75) is 45.7 Å². The van der Waals surface area contributed by atoms with Gasteiger partial charge in [-0.15, -0.1) is 0 Å². The minimum atomic E-state index is 0.166. The molecule has 2 aliphatic rings. The molecule has 1 aliphatic carbocycles. The standard InChI is InChI=1S/C21H31N5O2/c1-2-22-21(24-12-11-23-20(28)18-9-10-18)25-14-16-5-7-17(8-6-16)15-26-13-3-4-19(26)27/h5-8,18H,2-4,9-15H2,1H3,(H,23,28)(H2,22,24,25). The number of nitrogens with zero attached hydrogens (tertiary/aromatic N) is 2. The number of nitrogens with one attached hydrogen (secondary N) is 3. The van der Waals surface area contributed by atoms with Gasteiger partial charge >= 0.3 is 0 Å². The van der Waals surface area contributed by atoms with Gasteiger partial charge in [0.05, 0.1) is 6.54 Å². The first kappa shape index (κ1) is 20.2. The Bertz CT molecular complexity index is 697. The second-order valence-corrected chi connectivity index (χ2v) is 7.42. The maximum absolute atomic E-state index is 11.7. The van der Waals surface area contributed by atoms with Crippen molar-refractivity contribution in [1.29, 1.82) is 0 Å². The lowest BCUT2D eigenvalue weighted by Gasteiger charge is -2.15. The Morgan fingerprint density at radius 2 is 1.82 bits per heavy atom. The van der Waals surface area contributed by atoms with Crippen LogP contribution in [-0.4, -0.2) is 48.9 Å². The number of hydrogen-bond acceptors (Lipinski definition) is 3. The van der Waals surface area contributed by atoms with Crippen molar-refractivity contribution >= 4 is 17.8 Å². The van der Waals surface area contributed by atoms with Gasteiger partial charge in [0.2, 0.25) is 11.8 Å². The number of aliphatic imine (C=N–C) groups is 1. The summed E-state index contributed by atoms with van der Waals surface area (Å²) >= 11 is 0. The largest absolute Gasteiger partial charge is 0.357 e.